The Kier molecular flexibility index (Phi) is 6.45. The van der Waals surface area contributed by atoms with Crippen molar-refractivity contribution in [3.63, 3.8) is 0 Å². The van der Waals surface area contributed by atoms with Gasteiger partial charge in [0, 0.05) is 6.42 Å². The van der Waals surface area contributed by atoms with Crippen LogP contribution in [0.25, 0.3) is 5.52 Å². The minimum Gasteiger partial charge on any atom is -0.463 e. The summed E-state index contributed by atoms with van der Waals surface area (Å²) in [6.07, 6.45) is 2.41. The third-order valence-corrected chi connectivity index (χ3v) is 6.81. The zero-order valence-corrected chi connectivity index (χ0v) is 18.3. The highest BCUT2D eigenvalue weighted by Crippen LogP contribution is 2.41. The summed E-state index contributed by atoms with van der Waals surface area (Å²) < 4.78 is 13.1. The van der Waals surface area contributed by atoms with Crippen LogP contribution < -0.4 is 5.73 Å². The molecule has 10 nitrogen and oxygen atoms in total. The van der Waals surface area contributed by atoms with Crippen molar-refractivity contribution in [3.05, 3.63) is 24.2 Å². The molecule has 0 bridgehead atoms. The second-order valence-corrected chi connectivity index (χ2v) is 9.04. The third-order valence-electron chi connectivity index (χ3n) is 6.81. The summed E-state index contributed by atoms with van der Waals surface area (Å²) in [7, 11) is 0. The molecule has 0 unspecified atom stereocenters. The molecule has 174 valence electrons. The lowest BCUT2D eigenvalue weighted by molar-refractivity contribution is -0.153. The fraction of sp³-hybridized carbons (Fsp3) is 0.636. The van der Waals surface area contributed by atoms with E-state index in [2.05, 4.69) is 28.7 Å². The number of nitrogens with two attached hydrogens (primary N) is 1. The van der Waals surface area contributed by atoms with E-state index in [-0.39, 0.29) is 24.9 Å². The quantitative estimate of drug-likeness (QED) is 0.424. The highest BCUT2D eigenvalue weighted by Gasteiger charge is 2.56. The molecule has 1 aliphatic carbocycles. The fourth-order valence-corrected chi connectivity index (χ4v) is 4.89. The summed E-state index contributed by atoms with van der Waals surface area (Å²) in [6, 6.07) is 3.40. The second-order valence-electron chi connectivity index (χ2n) is 9.04. The smallest absolute Gasteiger partial charge is 0.306 e. The Morgan fingerprint density at radius 3 is 2.84 bits per heavy atom. The first-order valence-corrected chi connectivity index (χ1v) is 11.1. The van der Waals surface area contributed by atoms with Crippen LogP contribution in [0.1, 0.15) is 44.7 Å². The molecule has 4 atom stereocenters. The van der Waals surface area contributed by atoms with E-state index in [0.29, 0.717) is 29.5 Å². The van der Waals surface area contributed by atoms with E-state index in [1.807, 2.05) is 0 Å². The molecular formula is C22H31N5O5. The van der Waals surface area contributed by atoms with Gasteiger partial charge in [-0.1, -0.05) is 19.8 Å². The number of ether oxygens (including phenoxy) is 2. The fourth-order valence-electron chi connectivity index (χ4n) is 4.89. The van der Waals surface area contributed by atoms with E-state index in [9.17, 15) is 15.0 Å². The van der Waals surface area contributed by atoms with Gasteiger partial charge in [0.2, 0.25) is 0 Å². The van der Waals surface area contributed by atoms with E-state index in [4.69, 9.17) is 15.2 Å². The topological polar surface area (TPSA) is 145 Å². The summed E-state index contributed by atoms with van der Waals surface area (Å²) in [4.78, 5) is 20.3. The van der Waals surface area contributed by atoms with Crippen LogP contribution in [-0.2, 0) is 19.9 Å². The minimum absolute atomic E-state index is 0.0358. The van der Waals surface area contributed by atoms with Gasteiger partial charge in [-0.25, -0.2) is 9.50 Å². The summed E-state index contributed by atoms with van der Waals surface area (Å²) in [5, 5.41) is 25.9. The molecule has 32 heavy (non-hydrogen) atoms. The van der Waals surface area contributed by atoms with Gasteiger partial charge in [0.15, 0.2) is 11.4 Å². The van der Waals surface area contributed by atoms with Crippen molar-refractivity contribution >= 4 is 24.0 Å². The predicted molar refractivity (Wildman–Crippen MR) is 117 cm³/mol. The molecular weight excluding hydrogens is 414 g/mol. The minimum atomic E-state index is -1.43. The summed E-state index contributed by atoms with van der Waals surface area (Å²) >= 11 is 0. The number of nitrogens with zero attached hydrogens (tertiary/aromatic N) is 4. The summed E-state index contributed by atoms with van der Waals surface area (Å²) in [5.41, 5.74) is 5.48. The van der Waals surface area contributed by atoms with Crippen LogP contribution in [0.3, 0.4) is 0 Å². The van der Waals surface area contributed by atoms with Gasteiger partial charge in [-0.3, -0.25) is 9.79 Å². The van der Waals surface area contributed by atoms with Crippen molar-refractivity contribution in [2.45, 2.75) is 62.9 Å². The Balaban J connectivity index is 1.48. The standard InChI is InChI=1S/C22H31N5O5/c1-13-3-5-14(6-4-13)9-18(28)31-10-16-19(29)20(30)22(32-16,11-24-2)17-8-7-15-21(23)25-12-26-27(15)17/h7-8,12-14,16,19-20,29-30H,2-6,9-11H2,1H3,(H2,23,25,26)/t13-,14-,16-,19-,20-,22+/m1/s1. The molecule has 0 amide bonds. The first-order chi connectivity index (χ1) is 15.4. The lowest BCUT2D eigenvalue weighted by atomic mass is 9.81. The van der Waals surface area contributed by atoms with Gasteiger partial charge < -0.3 is 25.4 Å². The maximum Gasteiger partial charge on any atom is 0.306 e. The summed E-state index contributed by atoms with van der Waals surface area (Å²) in [5.74, 6) is 0.995. The average molecular weight is 446 g/mol. The van der Waals surface area contributed by atoms with Gasteiger partial charge in [-0.15, -0.1) is 0 Å². The van der Waals surface area contributed by atoms with Gasteiger partial charge >= 0.3 is 5.97 Å². The number of hydrogen-bond acceptors (Lipinski definition) is 9. The van der Waals surface area contributed by atoms with Crippen LogP contribution in [-0.4, -0.2) is 69.0 Å². The Morgan fingerprint density at radius 2 is 2.12 bits per heavy atom. The van der Waals surface area contributed by atoms with E-state index < -0.39 is 23.9 Å². The molecule has 10 heteroatoms. The molecule has 1 saturated carbocycles. The Morgan fingerprint density at radius 1 is 1.38 bits per heavy atom. The van der Waals surface area contributed by atoms with Gasteiger partial charge in [-0.05, 0) is 43.5 Å². The predicted octanol–water partition coefficient (Wildman–Crippen LogP) is 1.09. The number of anilines is 1. The lowest BCUT2D eigenvalue weighted by Crippen LogP contribution is -2.44. The molecule has 1 aliphatic heterocycles. The van der Waals surface area contributed by atoms with Crippen molar-refractivity contribution in [2.24, 2.45) is 16.8 Å². The van der Waals surface area contributed by atoms with E-state index >= 15 is 0 Å². The Hall–Kier alpha value is -2.56. The number of aliphatic imine (C=N–C) groups is 1. The maximum absolute atomic E-state index is 12.4. The number of carbonyl (C=O) groups is 1. The number of nitrogen functional groups attached to an aromatic ring is 1. The third kappa shape index (κ3) is 4.10. The average Bonchev–Trinajstić information content (AvgIpc) is 3.31. The monoisotopic (exact) mass is 445 g/mol. The molecule has 2 fully saturated rings. The number of rotatable bonds is 7. The van der Waals surface area contributed by atoms with Crippen LogP contribution in [0.4, 0.5) is 5.82 Å². The largest absolute Gasteiger partial charge is 0.463 e. The number of fused-ring (bicyclic) bond motifs is 1. The molecule has 0 aromatic carbocycles. The van der Waals surface area contributed by atoms with Crippen LogP contribution in [0.5, 0.6) is 0 Å². The highest BCUT2D eigenvalue weighted by molar-refractivity contribution is 5.69. The molecule has 4 N–H and O–H groups in total. The van der Waals surface area contributed by atoms with E-state index in [0.717, 1.165) is 25.7 Å². The molecule has 0 spiro atoms. The normalized spacial score (nSPS) is 32.8. The molecule has 4 rings (SSSR count). The van der Waals surface area contributed by atoms with Gasteiger partial charge in [-0.2, -0.15) is 5.10 Å². The lowest BCUT2D eigenvalue weighted by Gasteiger charge is -2.30. The van der Waals surface area contributed by atoms with E-state index in [1.54, 1.807) is 12.1 Å². The molecule has 0 radical (unpaired) electrons. The molecule has 1 saturated heterocycles. The number of carbonyl (C=O) groups excluding carboxylic acids is 1. The first kappa shape index (κ1) is 22.6. The molecule has 2 aliphatic rings. The second kappa shape index (κ2) is 9.13. The van der Waals surface area contributed by atoms with Crippen LogP contribution in [0, 0.1) is 11.8 Å². The highest BCUT2D eigenvalue weighted by atomic mass is 16.6. The van der Waals surface area contributed by atoms with Crippen molar-refractivity contribution in [2.75, 3.05) is 18.9 Å². The van der Waals surface area contributed by atoms with Crippen LogP contribution in [0.15, 0.2) is 23.5 Å². The zero-order chi connectivity index (χ0) is 22.9. The van der Waals surface area contributed by atoms with Crippen molar-refractivity contribution in [1.82, 2.24) is 14.6 Å². The van der Waals surface area contributed by atoms with Crippen LogP contribution in [0.2, 0.25) is 0 Å². The van der Waals surface area contributed by atoms with Crippen molar-refractivity contribution < 1.29 is 24.5 Å². The van der Waals surface area contributed by atoms with Crippen LogP contribution >= 0.6 is 0 Å². The van der Waals surface area contributed by atoms with E-state index in [1.165, 1.54) is 10.8 Å². The first-order valence-electron chi connectivity index (χ1n) is 11.1. The number of aliphatic hydroxyl groups is 2. The number of aliphatic hydroxyl groups excluding tert-OH is 2. The van der Waals surface area contributed by atoms with Gasteiger partial charge in [0.1, 0.15) is 36.8 Å². The number of esters is 1. The van der Waals surface area contributed by atoms with Crippen molar-refractivity contribution in [1.29, 1.82) is 0 Å². The number of aromatic nitrogens is 3. The zero-order valence-electron chi connectivity index (χ0n) is 18.3. The molecule has 2 aromatic heterocycles. The number of hydrogen-bond donors (Lipinski definition) is 3. The SMILES string of the molecule is C=NC[C@@]1(c2ccc3c(N)ncnn23)O[C@H](COC(=O)C[C@H]2CC[C@H](C)CC2)[C@@H](O)[C@H]1O. The molecule has 2 aromatic rings. The Labute approximate surface area is 186 Å². The van der Waals surface area contributed by atoms with Crippen molar-refractivity contribution in [3.8, 4) is 0 Å². The molecule has 3 heterocycles. The summed E-state index contributed by atoms with van der Waals surface area (Å²) in [6.45, 7) is 5.56. The Bertz CT molecular complexity index is 973. The maximum atomic E-state index is 12.4. The van der Waals surface area contributed by atoms with Gasteiger partial charge in [0.25, 0.3) is 0 Å². The van der Waals surface area contributed by atoms with Gasteiger partial charge in [0.05, 0.1) is 12.2 Å².